The van der Waals surface area contributed by atoms with E-state index >= 15 is 0 Å². The minimum Gasteiger partial charge on any atom is -0.314 e. The Balaban J connectivity index is 0.00000156. The Morgan fingerprint density at radius 3 is 2.16 bits per heavy atom. The molecule has 0 radical (unpaired) electrons. The van der Waals surface area contributed by atoms with E-state index in [2.05, 4.69) is 10.2 Å². The van der Waals surface area contributed by atoms with Crippen LogP contribution in [-0.4, -0.2) is 31.1 Å². The van der Waals surface area contributed by atoms with E-state index in [0.29, 0.717) is 11.5 Å². The molecule has 1 aromatic carbocycles. The highest BCUT2D eigenvalue weighted by molar-refractivity contribution is 5.85. The first-order valence-corrected chi connectivity index (χ1v) is 8.28. The van der Waals surface area contributed by atoms with Gasteiger partial charge in [0.25, 0.3) is 0 Å². The first kappa shape index (κ1) is 22.5. The fraction of sp³-hybridized carbons (Fsp3) is 0.647. The Morgan fingerprint density at radius 2 is 1.64 bits per heavy atom. The van der Waals surface area contributed by atoms with E-state index in [1.165, 1.54) is 6.07 Å². The number of nitrogens with zero attached hydrogens (tertiary/aromatic N) is 1. The molecule has 1 atom stereocenters. The number of benzene rings is 1. The van der Waals surface area contributed by atoms with Crippen molar-refractivity contribution in [2.45, 2.75) is 37.9 Å². The molecule has 3 rings (SSSR count). The maximum Gasteiger partial charge on any atom is 0.419 e. The molecule has 8 heteroatoms. The molecule has 0 bridgehead atoms. The van der Waals surface area contributed by atoms with E-state index < -0.39 is 17.6 Å². The van der Waals surface area contributed by atoms with Crippen LogP contribution in [0.5, 0.6) is 0 Å². The molecule has 1 N–H and O–H groups in total. The van der Waals surface area contributed by atoms with Crippen LogP contribution in [0.4, 0.5) is 17.6 Å². The summed E-state index contributed by atoms with van der Waals surface area (Å²) >= 11 is 0. The summed E-state index contributed by atoms with van der Waals surface area (Å²) in [5.41, 5.74) is -0.490. The minimum atomic E-state index is -4.64. The summed E-state index contributed by atoms with van der Waals surface area (Å²) in [5.74, 6) is -0.752. The van der Waals surface area contributed by atoms with Crippen molar-refractivity contribution in [2.24, 2.45) is 5.92 Å². The van der Waals surface area contributed by atoms with Crippen molar-refractivity contribution in [2.75, 3.05) is 26.2 Å². The fourth-order valence-electron chi connectivity index (χ4n) is 3.96. The summed E-state index contributed by atoms with van der Waals surface area (Å²) in [4.78, 5) is 2.30. The van der Waals surface area contributed by atoms with Crippen LogP contribution in [0, 0.1) is 11.7 Å². The topological polar surface area (TPSA) is 15.3 Å². The van der Waals surface area contributed by atoms with E-state index in [1.807, 2.05) is 0 Å². The van der Waals surface area contributed by atoms with Gasteiger partial charge in [-0.2, -0.15) is 13.2 Å². The van der Waals surface area contributed by atoms with E-state index in [4.69, 9.17) is 0 Å². The molecule has 2 fully saturated rings. The smallest absolute Gasteiger partial charge is 0.314 e. The molecule has 25 heavy (non-hydrogen) atoms. The fourth-order valence-corrected chi connectivity index (χ4v) is 3.96. The molecule has 1 saturated heterocycles. The lowest BCUT2D eigenvalue weighted by molar-refractivity contribution is -0.140. The average Bonchev–Trinajstić information content (AvgIpc) is 3.01. The van der Waals surface area contributed by atoms with Crippen molar-refractivity contribution in [3.05, 3.63) is 35.1 Å². The maximum absolute atomic E-state index is 14.0. The van der Waals surface area contributed by atoms with Crippen LogP contribution >= 0.6 is 24.8 Å². The highest BCUT2D eigenvalue weighted by Crippen LogP contribution is 2.41. The van der Waals surface area contributed by atoms with Crippen LogP contribution in [0.25, 0.3) is 0 Å². The van der Waals surface area contributed by atoms with Gasteiger partial charge in [-0.05, 0) is 36.5 Å². The zero-order chi connectivity index (χ0) is 16.4. The van der Waals surface area contributed by atoms with Crippen LogP contribution in [0.3, 0.4) is 0 Å². The van der Waals surface area contributed by atoms with Crippen molar-refractivity contribution in [1.82, 2.24) is 10.2 Å². The SMILES string of the molecule is Cl.Cl.Fc1cc([C@@H](C2CCCC2)N2CCNCC2)ccc1C(F)(F)F. The first-order valence-electron chi connectivity index (χ1n) is 8.28. The summed E-state index contributed by atoms with van der Waals surface area (Å²) < 4.78 is 52.3. The monoisotopic (exact) mass is 402 g/mol. The largest absolute Gasteiger partial charge is 0.419 e. The Hall–Kier alpha value is -0.560. The second kappa shape index (κ2) is 9.40. The first-order chi connectivity index (χ1) is 11.0. The van der Waals surface area contributed by atoms with Gasteiger partial charge in [0.15, 0.2) is 0 Å². The molecule has 1 heterocycles. The van der Waals surface area contributed by atoms with Crippen molar-refractivity contribution in [3.8, 4) is 0 Å². The molecule has 1 aromatic rings. The molecular formula is C17H24Cl2F4N2. The lowest BCUT2D eigenvalue weighted by Crippen LogP contribution is -2.46. The molecule has 0 amide bonds. The third kappa shape index (κ3) is 5.22. The molecule has 2 nitrogen and oxygen atoms in total. The van der Waals surface area contributed by atoms with Gasteiger partial charge in [0.05, 0.1) is 5.56 Å². The summed E-state index contributed by atoms with van der Waals surface area (Å²) in [6.07, 6.45) is -0.207. The van der Waals surface area contributed by atoms with E-state index in [-0.39, 0.29) is 30.9 Å². The van der Waals surface area contributed by atoms with Gasteiger partial charge in [-0.3, -0.25) is 4.90 Å². The van der Waals surface area contributed by atoms with Gasteiger partial charge in [0.2, 0.25) is 0 Å². The summed E-state index contributed by atoms with van der Waals surface area (Å²) in [6, 6.07) is 3.50. The lowest BCUT2D eigenvalue weighted by atomic mass is 9.89. The Labute approximate surface area is 158 Å². The molecule has 1 aliphatic carbocycles. The van der Waals surface area contributed by atoms with Gasteiger partial charge >= 0.3 is 6.18 Å². The van der Waals surface area contributed by atoms with E-state index in [1.54, 1.807) is 0 Å². The van der Waals surface area contributed by atoms with Gasteiger partial charge in [-0.25, -0.2) is 4.39 Å². The Kier molecular flexibility index (Phi) is 8.45. The van der Waals surface area contributed by atoms with Gasteiger partial charge in [0.1, 0.15) is 5.82 Å². The van der Waals surface area contributed by atoms with Crippen LogP contribution in [0.1, 0.15) is 42.9 Å². The summed E-state index contributed by atoms with van der Waals surface area (Å²) in [7, 11) is 0. The van der Waals surface area contributed by atoms with E-state index in [9.17, 15) is 17.6 Å². The molecule has 1 aliphatic heterocycles. The zero-order valence-corrected chi connectivity index (χ0v) is 15.5. The molecule has 2 aliphatic rings. The zero-order valence-electron chi connectivity index (χ0n) is 13.8. The predicted molar refractivity (Wildman–Crippen MR) is 95.0 cm³/mol. The highest BCUT2D eigenvalue weighted by Gasteiger charge is 2.36. The second-order valence-corrected chi connectivity index (χ2v) is 6.51. The molecule has 1 saturated carbocycles. The summed E-state index contributed by atoms with van der Waals surface area (Å²) in [6.45, 7) is 3.44. The molecule has 144 valence electrons. The minimum absolute atomic E-state index is 0. The lowest BCUT2D eigenvalue weighted by Gasteiger charge is -2.38. The van der Waals surface area contributed by atoms with Crippen LogP contribution in [0.2, 0.25) is 0 Å². The second-order valence-electron chi connectivity index (χ2n) is 6.51. The van der Waals surface area contributed by atoms with E-state index in [0.717, 1.165) is 64.0 Å². The quantitative estimate of drug-likeness (QED) is 0.728. The van der Waals surface area contributed by atoms with Crippen molar-refractivity contribution >= 4 is 24.8 Å². The Morgan fingerprint density at radius 1 is 1.04 bits per heavy atom. The number of alkyl halides is 3. The number of nitrogens with one attached hydrogen (secondary N) is 1. The van der Waals surface area contributed by atoms with Crippen LogP contribution in [-0.2, 0) is 6.18 Å². The number of hydrogen-bond acceptors (Lipinski definition) is 2. The van der Waals surface area contributed by atoms with Crippen LogP contribution in [0.15, 0.2) is 18.2 Å². The molecule has 0 aromatic heterocycles. The average molecular weight is 403 g/mol. The van der Waals surface area contributed by atoms with Crippen molar-refractivity contribution < 1.29 is 17.6 Å². The molecule has 0 spiro atoms. The third-order valence-electron chi connectivity index (χ3n) is 5.03. The number of rotatable bonds is 3. The summed E-state index contributed by atoms with van der Waals surface area (Å²) in [5, 5.41) is 3.29. The van der Waals surface area contributed by atoms with Crippen molar-refractivity contribution in [1.29, 1.82) is 0 Å². The molecule has 0 unspecified atom stereocenters. The number of piperazine rings is 1. The van der Waals surface area contributed by atoms with Gasteiger partial charge in [-0.15, -0.1) is 24.8 Å². The maximum atomic E-state index is 14.0. The van der Waals surface area contributed by atoms with Gasteiger partial charge < -0.3 is 5.32 Å². The standard InChI is InChI=1S/C17H22F4N2.2ClH/c18-15-11-13(5-6-14(15)17(19,20)21)16(12-3-1-2-4-12)23-9-7-22-8-10-23;;/h5-6,11-12,16,22H,1-4,7-10H2;2*1H/t16-;;/m1../s1. The predicted octanol–water partition coefficient (Wildman–Crippen LogP) is 4.82. The number of halogens is 6. The Bertz CT molecular complexity index is 542. The molecular weight excluding hydrogens is 379 g/mol. The highest BCUT2D eigenvalue weighted by atomic mass is 35.5. The van der Waals surface area contributed by atoms with Crippen LogP contribution < -0.4 is 5.32 Å². The van der Waals surface area contributed by atoms with Gasteiger partial charge in [-0.1, -0.05) is 18.9 Å². The van der Waals surface area contributed by atoms with Gasteiger partial charge in [0, 0.05) is 32.2 Å². The van der Waals surface area contributed by atoms with Crippen molar-refractivity contribution in [3.63, 3.8) is 0 Å². The number of hydrogen-bond donors (Lipinski definition) is 1. The third-order valence-corrected chi connectivity index (χ3v) is 5.03. The normalized spacial score (nSPS) is 20.6.